The molecule has 1 saturated carbocycles. The lowest BCUT2D eigenvalue weighted by Gasteiger charge is -2.09. The van der Waals surface area contributed by atoms with Crippen molar-refractivity contribution in [3.63, 3.8) is 0 Å². The van der Waals surface area contributed by atoms with Gasteiger partial charge in [0.1, 0.15) is 0 Å². The van der Waals surface area contributed by atoms with Gasteiger partial charge in [-0.2, -0.15) is 0 Å². The fourth-order valence-corrected chi connectivity index (χ4v) is 1.42. The van der Waals surface area contributed by atoms with Crippen LogP contribution in [0.2, 0.25) is 0 Å². The first kappa shape index (κ1) is 8.78. The molecule has 0 aliphatic heterocycles. The van der Waals surface area contributed by atoms with Crippen LogP contribution in [0.5, 0.6) is 0 Å². The van der Waals surface area contributed by atoms with Gasteiger partial charge < -0.3 is 16.0 Å². The Labute approximate surface area is 78.7 Å². The topological polar surface area (TPSA) is 53.8 Å². The van der Waals surface area contributed by atoms with Crippen LogP contribution >= 0.6 is 0 Å². The van der Waals surface area contributed by atoms with Crippen LogP contribution in [0, 0.1) is 0 Å². The van der Waals surface area contributed by atoms with Crippen LogP contribution in [0.25, 0.3) is 0 Å². The zero-order chi connectivity index (χ0) is 9.15. The Morgan fingerprint density at radius 2 is 2.38 bits per heavy atom. The van der Waals surface area contributed by atoms with E-state index in [-0.39, 0.29) is 5.54 Å². The summed E-state index contributed by atoms with van der Waals surface area (Å²) in [6.07, 6.45) is 7.45. The van der Waals surface area contributed by atoms with Gasteiger partial charge in [-0.1, -0.05) is 0 Å². The van der Waals surface area contributed by atoms with Gasteiger partial charge in [-0.3, -0.25) is 0 Å². The van der Waals surface area contributed by atoms with Crippen LogP contribution in [0.15, 0.2) is 18.5 Å². The van der Waals surface area contributed by atoms with Crippen molar-refractivity contribution in [3.8, 4) is 0 Å². The van der Waals surface area contributed by atoms with E-state index in [2.05, 4.69) is 16.4 Å². The van der Waals surface area contributed by atoms with Gasteiger partial charge in [0, 0.05) is 24.5 Å². The first-order valence-electron chi connectivity index (χ1n) is 4.90. The molecule has 1 fully saturated rings. The molecule has 3 nitrogen and oxygen atoms in total. The average molecular weight is 179 g/mol. The number of rotatable bonds is 5. The number of hydrogen-bond donors (Lipinski definition) is 3. The summed E-state index contributed by atoms with van der Waals surface area (Å²) in [5.74, 6) is 0. The fraction of sp³-hybridized carbons (Fsp3) is 0.600. The molecule has 0 aromatic carbocycles. The van der Waals surface area contributed by atoms with Crippen LogP contribution in [-0.4, -0.2) is 23.6 Å². The zero-order valence-corrected chi connectivity index (χ0v) is 7.84. The maximum absolute atomic E-state index is 5.94. The van der Waals surface area contributed by atoms with E-state index in [4.69, 9.17) is 5.73 Å². The van der Waals surface area contributed by atoms with Crippen molar-refractivity contribution in [2.24, 2.45) is 5.73 Å². The van der Waals surface area contributed by atoms with Crippen molar-refractivity contribution in [2.45, 2.75) is 24.8 Å². The number of aromatic nitrogens is 1. The van der Waals surface area contributed by atoms with Crippen LogP contribution in [0.4, 0.5) is 0 Å². The van der Waals surface area contributed by atoms with Gasteiger partial charge in [0.25, 0.3) is 0 Å². The fourth-order valence-electron chi connectivity index (χ4n) is 1.42. The summed E-state index contributed by atoms with van der Waals surface area (Å²) >= 11 is 0. The molecule has 1 aliphatic rings. The Bertz CT molecular complexity index is 249. The number of H-pyrrole nitrogens is 1. The normalized spacial score (nSPS) is 18.8. The SMILES string of the molecule is NC1(CNCCc2cc[nH]c2)CC1. The zero-order valence-electron chi connectivity index (χ0n) is 7.84. The summed E-state index contributed by atoms with van der Waals surface area (Å²) in [6, 6.07) is 2.11. The summed E-state index contributed by atoms with van der Waals surface area (Å²) in [5, 5.41) is 3.39. The Hall–Kier alpha value is -0.800. The van der Waals surface area contributed by atoms with E-state index < -0.39 is 0 Å². The van der Waals surface area contributed by atoms with E-state index in [0.717, 1.165) is 19.5 Å². The maximum atomic E-state index is 5.94. The monoisotopic (exact) mass is 179 g/mol. The Kier molecular flexibility index (Phi) is 2.38. The highest BCUT2D eigenvalue weighted by atomic mass is 15.0. The summed E-state index contributed by atoms with van der Waals surface area (Å²) in [7, 11) is 0. The number of nitrogens with one attached hydrogen (secondary N) is 2. The molecule has 3 heteroatoms. The highest BCUT2D eigenvalue weighted by Crippen LogP contribution is 2.30. The largest absolute Gasteiger partial charge is 0.367 e. The number of aromatic amines is 1. The molecule has 2 rings (SSSR count). The molecule has 0 saturated heterocycles. The van der Waals surface area contributed by atoms with E-state index >= 15 is 0 Å². The summed E-state index contributed by atoms with van der Waals surface area (Å²) in [5.41, 5.74) is 7.43. The minimum absolute atomic E-state index is 0.137. The number of hydrogen-bond acceptors (Lipinski definition) is 2. The van der Waals surface area contributed by atoms with Gasteiger partial charge >= 0.3 is 0 Å². The molecule has 1 aromatic heterocycles. The summed E-state index contributed by atoms with van der Waals surface area (Å²) < 4.78 is 0. The van der Waals surface area contributed by atoms with Crippen molar-refractivity contribution in [1.29, 1.82) is 0 Å². The lowest BCUT2D eigenvalue weighted by Crippen LogP contribution is -2.36. The van der Waals surface area contributed by atoms with Gasteiger partial charge in [0.2, 0.25) is 0 Å². The van der Waals surface area contributed by atoms with E-state index in [9.17, 15) is 0 Å². The van der Waals surface area contributed by atoms with E-state index in [1.807, 2.05) is 12.4 Å². The first-order valence-corrected chi connectivity index (χ1v) is 4.90. The molecule has 0 amide bonds. The molecule has 0 radical (unpaired) electrons. The molecule has 13 heavy (non-hydrogen) atoms. The Balaban J connectivity index is 1.59. The minimum atomic E-state index is 0.137. The van der Waals surface area contributed by atoms with Gasteiger partial charge in [0.05, 0.1) is 0 Å². The molecule has 0 unspecified atom stereocenters. The first-order chi connectivity index (χ1) is 6.29. The van der Waals surface area contributed by atoms with Gasteiger partial charge in [-0.25, -0.2) is 0 Å². The van der Waals surface area contributed by atoms with E-state index in [1.54, 1.807) is 0 Å². The highest BCUT2D eigenvalue weighted by Gasteiger charge is 2.37. The third kappa shape index (κ3) is 2.57. The standard InChI is InChI=1S/C10H17N3/c11-10(3-4-10)8-13-6-2-9-1-5-12-7-9/h1,5,7,12-13H,2-4,6,8,11H2. The minimum Gasteiger partial charge on any atom is -0.367 e. The van der Waals surface area contributed by atoms with Crippen LogP contribution in [-0.2, 0) is 6.42 Å². The summed E-state index contributed by atoms with van der Waals surface area (Å²) in [4.78, 5) is 3.05. The molecule has 72 valence electrons. The average Bonchev–Trinajstić information content (AvgIpc) is 2.69. The molecule has 1 aliphatic carbocycles. The second kappa shape index (κ2) is 3.52. The van der Waals surface area contributed by atoms with E-state index in [1.165, 1.54) is 18.4 Å². The quantitative estimate of drug-likeness (QED) is 0.581. The van der Waals surface area contributed by atoms with Gasteiger partial charge in [-0.05, 0) is 37.4 Å². The number of nitrogens with two attached hydrogens (primary N) is 1. The predicted molar refractivity (Wildman–Crippen MR) is 53.5 cm³/mol. The Morgan fingerprint density at radius 3 is 3.00 bits per heavy atom. The molecule has 1 heterocycles. The molecule has 0 atom stereocenters. The third-order valence-electron chi connectivity index (χ3n) is 2.62. The van der Waals surface area contributed by atoms with Crippen molar-refractivity contribution in [3.05, 3.63) is 24.0 Å². The molecule has 0 bridgehead atoms. The third-order valence-corrected chi connectivity index (χ3v) is 2.62. The molecule has 4 N–H and O–H groups in total. The lowest BCUT2D eigenvalue weighted by atomic mass is 10.2. The van der Waals surface area contributed by atoms with Gasteiger partial charge in [0.15, 0.2) is 0 Å². The highest BCUT2D eigenvalue weighted by molar-refractivity contribution is 5.08. The maximum Gasteiger partial charge on any atom is 0.0282 e. The van der Waals surface area contributed by atoms with Crippen LogP contribution in [0.3, 0.4) is 0 Å². The Morgan fingerprint density at radius 1 is 1.54 bits per heavy atom. The molecule has 1 aromatic rings. The molecular formula is C10H17N3. The second-order valence-electron chi connectivity index (χ2n) is 4.01. The van der Waals surface area contributed by atoms with Crippen molar-refractivity contribution >= 4 is 0 Å². The van der Waals surface area contributed by atoms with Crippen molar-refractivity contribution < 1.29 is 0 Å². The summed E-state index contributed by atoms with van der Waals surface area (Å²) in [6.45, 7) is 1.99. The van der Waals surface area contributed by atoms with Crippen LogP contribution < -0.4 is 11.1 Å². The lowest BCUT2D eigenvalue weighted by molar-refractivity contribution is 0.571. The smallest absolute Gasteiger partial charge is 0.0282 e. The van der Waals surface area contributed by atoms with Crippen molar-refractivity contribution in [2.75, 3.05) is 13.1 Å². The molecular weight excluding hydrogens is 162 g/mol. The van der Waals surface area contributed by atoms with Crippen molar-refractivity contribution in [1.82, 2.24) is 10.3 Å². The van der Waals surface area contributed by atoms with Gasteiger partial charge in [-0.15, -0.1) is 0 Å². The predicted octanol–water partition coefficient (Wildman–Crippen LogP) is 0.638. The molecule has 0 spiro atoms. The second-order valence-corrected chi connectivity index (χ2v) is 4.01. The van der Waals surface area contributed by atoms with Crippen LogP contribution in [0.1, 0.15) is 18.4 Å². The van der Waals surface area contributed by atoms with E-state index in [0.29, 0.717) is 0 Å².